The van der Waals surface area contributed by atoms with E-state index in [0.29, 0.717) is 0 Å². The zero-order chi connectivity index (χ0) is 40.4. The van der Waals surface area contributed by atoms with E-state index in [1.807, 2.05) is 0 Å². The third-order valence-electron chi connectivity index (χ3n) is 8.32. The molecule has 25 heteroatoms. The molecule has 0 radical (unpaired) electrons. The Hall–Kier alpha value is -5.88. The zero-order valence-corrected chi connectivity index (χ0v) is 31.1. The quantitative estimate of drug-likeness (QED) is 0.0359. The first kappa shape index (κ1) is 40.3. The smallest absolute Gasteiger partial charge is 0.350 e. The Bertz CT molecular complexity index is 2010. The van der Waals surface area contributed by atoms with Crippen LogP contribution in [-0.2, 0) is 28.8 Å². The van der Waals surface area contributed by atoms with Crippen molar-refractivity contribution < 1.29 is 58.8 Å². The second kappa shape index (κ2) is 15.8. The molecule has 1 unspecified atom stereocenters. The molecule has 0 aliphatic carbocycles. The summed E-state index contributed by atoms with van der Waals surface area (Å²) in [4.78, 5) is 98.7. The monoisotopic (exact) mass is 824 g/mol. The Balaban J connectivity index is 1.20. The highest BCUT2D eigenvalue weighted by molar-refractivity contribution is 8.01. The lowest BCUT2D eigenvalue weighted by Gasteiger charge is -2.41. The van der Waals surface area contributed by atoms with Crippen molar-refractivity contribution in [3.63, 3.8) is 0 Å². The molecule has 22 nitrogen and oxygen atoms in total. The van der Waals surface area contributed by atoms with Crippen LogP contribution in [0.25, 0.3) is 0 Å². The fourth-order valence-electron chi connectivity index (χ4n) is 5.44. The van der Waals surface area contributed by atoms with Crippen LogP contribution in [0, 0.1) is 0 Å². The van der Waals surface area contributed by atoms with Crippen LogP contribution in [0.2, 0.25) is 5.02 Å². The standard InChI is InChI=1S/C30H33ClN10O12S2/c1-29(2,26(50)51)53-38-19(14-11-54-27(32)36-14)23(48)37-20-24(49)39-12-30(9-17(44)45,55-25(20)39)40-7-8-41(28(40)52)35-10-16(43)33-5-6-34-22(47)13-3-4-15(42)21(46)18(13)31/h3-4,10-11,20,25,42,46H,5-9,12H2,1-2H3,(H2,32,36)(H,33,43)(H,34,47)(H,37,48)(H,44,45)(H,50,51)/b35-10+,38-19-/t20?,25-,30+/m1/s1. The van der Waals surface area contributed by atoms with Crippen molar-refractivity contribution in [2.45, 2.75) is 42.2 Å². The minimum atomic E-state index is -1.84. The van der Waals surface area contributed by atoms with Crippen molar-refractivity contribution in [3.05, 3.63) is 33.8 Å². The molecule has 4 heterocycles. The van der Waals surface area contributed by atoms with E-state index >= 15 is 0 Å². The normalized spacial score (nSPS) is 21.0. The molecule has 9 N–H and O–H groups in total. The molecular formula is C30H33ClN10O12S2. The summed E-state index contributed by atoms with van der Waals surface area (Å²) in [5, 5.41) is 54.7. The average molecular weight is 825 g/mol. The number of aromatic nitrogens is 1. The van der Waals surface area contributed by atoms with E-state index in [0.717, 1.165) is 40.4 Å². The molecule has 3 fully saturated rings. The first-order valence-corrected chi connectivity index (χ1v) is 18.1. The van der Waals surface area contributed by atoms with Gasteiger partial charge in [0.2, 0.25) is 11.5 Å². The number of phenolic OH excluding ortho intramolecular Hbond substituents is 2. The second-order valence-electron chi connectivity index (χ2n) is 12.5. The van der Waals surface area contributed by atoms with Gasteiger partial charge in [-0.1, -0.05) is 16.8 Å². The summed E-state index contributed by atoms with van der Waals surface area (Å²) in [6.07, 6.45) is 0.231. The summed E-state index contributed by atoms with van der Waals surface area (Å²) >= 11 is 7.82. The predicted molar refractivity (Wildman–Crippen MR) is 193 cm³/mol. The number of nitrogen functional groups attached to an aromatic ring is 1. The van der Waals surface area contributed by atoms with Crippen molar-refractivity contribution in [3.8, 4) is 11.5 Å². The number of aromatic hydroxyl groups is 2. The van der Waals surface area contributed by atoms with E-state index in [4.69, 9.17) is 22.2 Å². The van der Waals surface area contributed by atoms with Gasteiger partial charge in [0.15, 0.2) is 22.3 Å². The van der Waals surface area contributed by atoms with Crippen LogP contribution < -0.4 is 21.7 Å². The number of phenols is 2. The number of hydrogen-bond acceptors (Lipinski definition) is 16. The highest BCUT2D eigenvalue weighted by Gasteiger charge is 2.63. The molecule has 0 bridgehead atoms. The van der Waals surface area contributed by atoms with Crippen molar-refractivity contribution >= 4 is 93.4 Å². The number of oxime groups is 1. The Labute approximate surface area is 323 Å². The Kier molecular flexibility index (Phi) is 11.6. The maximum absolute atomic E-state index is 13.5. The number of hydrogen-bond donors (Lipinski definition) is 8. The Morgan fingerprint density at radius 1 is 1.15 bits per heavy atom. The van der Waals surface area contributed by atoms with E-state index in [2.05, 4.69) is 31.2 Å². The number of aliphatic carboxylic acids is 2. The van der Waals surface area contributed by atoms with Crippen molar-refractivity contribution in [2.75, 3.05) is 38.5 Å². The van der Waals surface area contributed by atoms with E-state index < -0.39 is 87.1 Å². The molecule has 3 aliphatic heterocycles. The maximum Gasteiger partial charge on any atom is 0.350 e. The minimum Gasteiger partial charge on any atom is -0.504 e. The van der Waals surface area contributed by atoms with Crippen LogP contribution in [0.3, 0.4) is 0 Å². The highest BCUT2D eigenvalue weighted by Crippen LogP contribution is 2.51. The second-order valence-corrected chi connectivity index (χ2v) is 15.2. The number of thiazole rings is 1. The number of fused-ring (bicyclic) bond motifs is 1. The number of halogens is 1. The van der Waals surface area contributed by atoms with Crippen molar-refractivity contribution in [2.24, 2.45) is 10.3 Å². The largest absolute Gasteiger partial charge is 0.504 e. The fourth-order valence-corrected chi connectivity index (χ4v) is 8.02. The van der Waals surface area contributed by atoms with Gasteiger partial charge in [0.05, 0.1) is 30.1 Å². The first-order valence-electron chi connectivity index (χ1n) is 16.0. The van der Waals surface area contributed by atoms with Gasteiger partial charge < -0.3 is 56.7 Å². The summed E-state index contributed by atoms with van der Waals surface area (Å²) in [7, 11) is 0. The lowest BCUT2D eigenvalue weighted by Crippen LogP contribution is -2.68. The molecule has 1 aromatic heterocycles. The van der Waals surface area contributed by atoms with E-state index in [9.17, 15) is 54.0 Å². The number of amides is 6. The van der Waals surface area contributed by atoms with Gasteiger partial charge in [0.1, 0.15) is 28.2 Å². The van der Waals surface area contributed by atoms with E-state index in [1.165, 1.54) is 35.1 Å². The number of β-lactam (4-membered cyclic amide) rings is 1. The number of carbonyl (C=O) groups excluding carboxylic acids is 5. The van der Waals surface area contributed by atoms with Crippen LogP contribution in [0.15, 0.2) is 27.8 Å². The van der Waals surface area contributed by atoms with E-state index in [-0.39, 0.29) is 54.1 Å². The highest BCUT2D eigenvalue weighted by atomic mass is 35.5. The molecular weight excluding hydrogens is 792 g/mol. The number of carbonyl (C=O) groups is 7. The molecule has 3 atom stereocenters. The van der Waals surface area contributed by atoms with Crippen LogP contribution in [0.4, 0.5) is 9.93 Å². The van der Waals surface area contributed by atoms with E-state index in [1.54, 1.807) is 0 Å². The summed E-state index contributed by atoms with van der Waals surface area (Å²) in [6.45, 7) is 2.00. The number of carboxylic acids is 2. The molecule has 0 saturated carbocycles. The number of nitrogens with one attached hydrogen (secondary N) is 3. The number of carboxylic acid groups (broad SMARTS) is 2. The molecule has 0 spiro atoms. The van der Waals surface area contributed by atoms with Crippen LogP contribution in [0.5, 0.6) is 11.5 Å². The fraction of sp³-hybridized carbons (Fsp3) is 0.400. The SMILES string of the molecule is CC(C)(O/N=C(\C(=O)NC1C(=O)N2C[C@@](CC(=O)O)(N3CCN(/N=C/C(=O)NCCNC(=O)c4ccc(O)c(O)c4Cl)C3=O)S[C@H]12)c1csc(N)n1)C(=O)O. The summed E-state index contributed by atoms with van der Waals surface area (Å²) in [5.74, 6) is -6.77. The topological polar surface area (TPSA) is 319 Å². The molecule has 3 aliphatic rings. The molecule has 1 aromatic carbocycles. The van der Waals surface area contributed by atoms with Gasteiger partial charge in [-0.25, -0.2) is 19.6 Å². The number of nitrogens with zero attached hydrogens (tertiary/aromatic N) is 6. The van der Waals surface area contributed by atoms with Crippen molar-refractivity contribution in [1.29, 1.82) is 0 Å². The van der Waals surface area contributed by atoms with Gasteiger partial charge in [-0.15, -0.1) is 23.1 Å². The number of hydrazone groups is 1. The molecule has 2 aromatic rings. The van der Waals surface area contributed by atoms with Gasteiger partial charge in [-0.2, -0.15) is 5.10 Å². The van der Waals surface area contributed by atoms with Gasteiger partial charge >= 0.3 is 18.0 Å². The van der Waals surface area contributed by atoms with Gasteiger partial charge in [-0.3, -0.25) is 24.0 Å². The zero-order valence-electron chi connectivity index (χ0n) is 28.7. The Morgan fingerprint density at radius 2 is 1.85 bits per heavy atom. The molecule has 5 rings (SSSR count). The minimum absolute atomic E-state index is 0.0238. The lowest BCUT2D eigenvalue weighted by atomic mass is 10.0. The number of anilines is 1. The number of benzene rings is 1. The Morgan fingerprint density at radius 3 is 2.51 bits per heavy atom. The number of urea groups is 1. The van der Waals surface area contributed by atoms with Gasteiger partial charge in [0.25, 0.3) is 17.7 Å². The molecule has 55 heavy (non-hydrogen) atoms. The molecule has 3 saturated heterocycles. The summed E-state index contributed by atoms with van der Waals surface area (Å²) in [5.41, 5.74) is 3.24. The molecule has 6 amide bonds. The van der Waals surface area contributed by atoms with Crippen LogP contribution in [-0.4, -0.2) is 148 Å². The predicted octanol–water partition coefficient (Wildman–Crippen LogP) is -0.786. The van der Waals surface area contributed by atoms with Crippen LogP contribution in [0.1, 0.15) is 36.3 Å². The third kappa shape index (κ3) is 8.44. The number of thioether (sulfide) groups is 1. The average Bonchev–Trinajstić information content (AvgIpc) is 3.82. The number of nitrogens with two attached hydrogens (primary N) is 1. The summed E-state index contributed by atoms with van der Waals surface area (Å²) in [6, 6.07) is 0.339. The third-order valence-corrected chi connectivity index (χ3v) is 11.1. The molecule has 294 valence electrons. The van der Waals surface area contributed by atoms with Gasteiger partial charge in [-0.05, 0) is 26.0 Å². The van der Waals surface area contributed by atoms with Crippen LogP contribution >= 0.6 is 34.7 Å². The summed E-state index contributed by atoms with van der Waals surface area (Å²) < 4.78 is 0. The maximum atomic E-state index is 13.5. The first-order chi connectivity index (χ1) is 25.8. The lowest BCUT2D eigenvalue weighted by molar-refractivity contribution is -0.161. The number of rotatable bonds is 15. The van der Waals surface area contributed by atoms with Gasteiger partial charge in [0, 0.05) is 25.0 Å². The van der Waals surface area contributed by atoms with Crippen molar-refractivity contribution in [1.82, 2.24) is 35.7 Å².